The molecule has 1 aromatic carbocycles. The van der Waals surface area contributed by atoms with Crippen molar-refractivity contribution < 1.29 is 32.3 Å². The van der Waals surface area contributed by atoms with E-state index in [9.17, 15) is 9.59 Å². The molecule has 0 aromatic heterocycles. The summed E-state index contributed by atoms with van der Waals surface area (Å²) in [6, 6.07) is 9.87. The Morgan fingerprint density at radius 2 is 1.36 bits per heavy atom. The molecule has 0 bridgehead atoms. The van der Waals surface area contributed by atoms with Crippen molar-refractivity contribution in [1.29, 1.82) is 0 Å². The van der Waals surface area contributed by atoms with Crippen molar-refractivity contribution in [3.8, 4) is 0 Å². The maximum atomic E-state index is 13.4. The molecule has 0 amide bonds. The Labute approximate surface area is 217 Å². The molecule has 200 valence electrons. The molecule has 1 saturated carbocycles. The van der Waals surface area contributed by atoms with E-state index in [1.807, 2.05) is 65.0 Å². The van der Waals surface area contributed by atoms with Gasteiger partial charge in [-0.2, -0.15) is 0 Å². The molecule has 7 nitrogen and oxygen atoms in total. The Kier molecular flexibility index (Phi) is 11.6. The van der Waals surface area contributed by atoms with Gasteiger partial charge in [0.1, 0.15) is 0 Å². The van der Waals surface area contributed by atoms with Gasteiger partial charge in [0, 0.05) is 30.9 Å². The fourth-order valence-electron chi connectivity index (χ4n) is 4.95. The first-order valence-electron chi connectivity index (χ1n) is 12.9. The molecule has 1 unspecified atom stereocenters. The minimum absolute atomic E-state index is 0.174. The largest absolute Gasteiger partial charge is 0.533 e. The quantitative estimate of drug-likeness (QED) is 0.193. The summed E-state index contributed by atoms with van der Waals surface area (Å²) in [7, 11) is -3.35. The van der Waals surface area contributed by atoms with Gasteiger partial charge >= 0.3 is 20.7 Å². The van der Waals surface area contributed by atoms with Gasteiger partial charge in [-0.3, -0.25) is 9.59 Å². The fraction of sp³-hybridized carbons (Fsp3) is 0.571. The molecular formula is C28H42O7Si. The van der Waals surface area contributed by atoms with Crippen molar-refractivity contribution in [2.24, 2.45) is 11.3 Å². The number of ether oxygens (including phenoxy) is 2. The lowest BCUT2D eigenvalue weighted by molar-refractivity contribution is -0.171. The van der Waals surface area contributed by atoms with E-state index in [0.29, 0.717) is 19.8 Å². The van der Waals surface area contributed by atoms with Gasteiger partial charge in [-0.1, -0.05) is 47.6 Å². The van der Waals surface area contributed by atoms with Gasteiger partial charge < -0.3 is 22.8 Å². The van der Waals surface area contributed by atoms with Gasteiger partial charge in [0.25, 0.3) is 0 Å². The third-order valence-corrected chi connectivity index (χ3v) is 9.72. The van der Waals surface area contributed by atoms with Crippen molar-refractivity contribution in [3.05, 3.63) is 52.2 Å². The van der Waals surface area contributed by atoms with Crippen LogP contribution in [0.3, 0.4) is 0 Å². The zero-order valence-corrected chi connectivity index (χ0v) is 23.8. The Morgan fingerprint density at radius 1 is 0.861 bits per heavy atom. The average Bonchev–Trinajstić information content (AvgIpc) is 3.20. The molecule has 2 rings (SSSR count). The van der Waals surface area contributed by atoms with E-state index in [-0.39, 0.29) is 32.0 Å². The van der Waals surface area contributed by atoms with E-state index in [1.165, 1.54) is 0 Å². The lowest BCUT2D eigenvalue weighted by Crippen LogP contribution is -2.51. The SMILES string of the molecule is CCOC(=O)C1(C(=O)OCC)C/C(=C\c2ccccc2)C(C(=C(C)C)[Si](OCC)(OCC)OCC)C1. The smallest absolute Gasteiger partial charge is 0.465 e. The molecule has 0 aliphatic heterocycles. The maximum absolute atomic E-state index is 13.4. The molecule has 8 heteroatoms. The number of hydrogen-bond acceptors (Lipinski definition) is 7. The van der Waals surface area contributed by atoms with E-state index < -0.39 is 26.2 Å². The van der Waals surface area contributed by atoms with Crippen LogP contribution in [-0.2, 0) is 32.3 Å². The lowest BCUT2D eigenvalue weighted by Gasteiger charge is -2.35. The van der Waals surface area contributed by atoms with Crippen LogP contribution in [0.15, 0.2) is 46.7 Å². The van der Waals surface area contributed by atoms with Gasteiger partial charge in [0.2, 0.25) is 0 Å². The maximum Gasteiger partial charge on any atom is 0.533 e. The highest BCUT2D eigenvalue weighted by Gasteiger charge is 2.60. The van der Waals surface area contributed by atoms with Crippen LogP contribution in [-0.4, -0.2) is 53.8 Å². The van der Waals surface area contributed by atoms with Crippen LogP contribution >= 0.6 is 0 Å². The summed E-state index contributed by atoms with van der Waals surface area (Å²) in [6.45, 7) is 14.8. The minimum Gasteiger partial charge on any atom is -0.465 e. The molecule has 1 atom stereocenters. The summed E-state index contributed by atoms with van der Waals surface area (Å²) in [6.07, 6.45) is 2.44. The van der Waals surface area contributed by atoms with Crippen molar-refractivity contribution in [3.63, 3.8) is 0 Å². The summed E-state index contributed by atoms with van der Waals surface area (Å²) in [4.78, 5) is 26.8. The number of carbonyl (C=O) groups is 2. The second kappa shape index (κ2) is 13.9. The number of rotatable bonds is 13. The third kappa shape index (κ3) is 6.53. The van der Waals surface area contributed by atoms with Crippen LogP contribution in [0.5, 0.6) is 0 Å². The van der Waals surface area contributed by atoms with Crippen LogP contribution in [0, 0.1) is 11.3 Å². The van der Waals surface area contributed by atoms with E-state index >= 15 is 0 Å². The summed E-state index contributed by atoms with van der Waals surface area (Å²) < 4.78 is 29.8. The van der Waals surface area contributed by atoms with Crippen LogP contribution in [0.1, 0.15) is 66.9 Å². The standard InChI is InChI=1S/C28H42O7Si/c1-8-31-26(29)28(27(30)32-9-2)19-23(18-22-16-14-13-15-17-22)24(20-28)25(21(6)7)36(33-10-3,34-11-4)35-12-5/h13-18,24H,8-12,19-20H2,1-7H3/b23-18+. The number of esters is 2. The highest BCUT2D eigenvalue weighted by Crippen LogP contribution is 2.53. The normalized spacial score (nSPS) is 18.2. The van der Waals surface area contributed by atoms with Crippen LogP contribution in [0.4, 0.5) is 0 Å². The zero-order valence-electron chi connectivity index (χ0n) is 22.8. The Hall–Kier alpha value is -2.26. The monoisotopic (exact) mass is 518 g/mol. The predicted octanol–water partition coefficient (Wildman–Crippen LogP) is 5.52. The van der Waals surface area contributed by atoms with Crippen LogP contribution < -0.4 is 0 Å². The molecule has 0 saturated heterocycles. The first kappa shape index (κ1) is 30.0. The van der Waals surface area contributed by atoms with Gasteiger partial charge in [-0.15, -0.1) is 0 Å². The summed E-state index contributed by atoms with van der Waals surface area (Å²) in [5.41, 5.74) is 1.44. The lowest BCUT2D eigenvalue weighted by atomic mass is 9.85. The topological polar surface area (TPSA) is 80.3 Å². The second-order valence-electron chi connectivity index (χ2n) is 8.86. The van der Waals surface area contributed by atoms with Gasteiger partial charge in [-0.05, 0) is 66.9 Å². The van der Waals surface area contributed by atoms with Gasteiger partial charge in [0.05, 0.1) is 13.2 Å². The number of benzene rings is 1. The molecule has 0 heterocycles. The summed E-state index contributed by atoms with van der Waals surface area (Å²) in [5, 5.41) is 0.894. The number of carbonyl (C=O) groups excluding carboxylic acids is 2. The number of hydrogen-bond donors (Lipinski definition) is 0. The first-order chi connectivity index (χ1) is 17.2. The van der Waals surface area contributed by atoms with Gasteiger partial charge in [0.15, 0.2) is 5.41 Å². The van der Waals surface area contributed by atoms with E-state index in [1.54, 1.807) is 13.8 Å². The fourth-order valence-corrected chi connectivity index (χ4v) is 8.14. The summed E-state index contributed by atoms with van der Waals surface area (Å²) >= 11 is 0. The second-order valence-corrected chi connectivity index (χ2v) is 11.4. The molecule has 0 spiro atoms. The third-order valence-electron chi connectivity index (χ3n) is 6.21. The van der Waals surface area contributed by atoms with Crippen molar-refractivity contribution in [2.45, 2.75) is 61.3 Å². The predicted molar refractivity (Wildman–Crippen MR) is 142 cm³/mol. The van der Waals surface area contributed by atoms with Crippen LogP contribution in [0.2, 0.25) is 0 Å². The van der Waals surface area contributed by atoms with Gasteiger partial charge in [-0.25, -0.2) is 0 Å². The van der Waals surface area contributed by atoms with Crippen molar-refractivity contribution in [1.82, 2.24) is 0 Å². The summed E-state index contributed by atoms with van der Waals surface area (Å²) in [5.74, 6) is -1.44. The minimum atomic E-state index is -3.35. The average molecular weight is 519 g/mol. The van der Waals surface area contributed by atoms with E-state index in [0.717, 1.165) is 21.9 Å². The molecule has 1 aliphatic rings. The molecule has 1 aromatic rings. The Bertz CT molecular complexity index is 899. The first-order valence-corrected chi connectivity index (χ1v) is 14.7. The number of allylic oxidation sites excluding steroid dienone is 3. The van der Waals surface area contributed by atoms with Crippen molar-refractivity contribution in [2.75, 3.05) is 33.0 Å². The molecule has 1 fully saturated rings. The van der Waals surface area contributed by atoms with Crippen molar-refractivity contribution >= 4 is 26.8 Å². The zero-order chi connectivity index (χ0) is 26.8. The Balaban J connectivity index is 2.80. The van der Waals surface area contributed by atoms with E-state index in [2.05, 4.69) is 6.08 Å². The molecule has 36 heavy (non-hydrogen) atoms. The molecule has 0 radical (unpaired) electrons. The molecule has 1 aliphatic carbocycles. The van der Waals surface area contributed by atoms with E-state index in [4.69, 9.17) is 22.8 Å². The Morgan fingerprint density at radius 3 is 1.78 bits per heavy atom. The molecule has 0 N–H and O–H groups in total. The highest BCUT2D eigenvalue weighted by atomic mass is 28.4. The van der Waals surface area contributed by atoms with Crippen LogP contribution in [0.25, 0.3) is 6.08 Å². The highest BCUT2D eigenvalue weighted by molar-refractivity contribution is 6.69. The molecular weight excluding hydrogens is 476 g/mol.